The van der Waals surface area contributed by atoms with Crippen LogP contribution in [0.2, 0.25) is 0 Å². The molecule has 0 unspecified atom stereocenters. The molecule has 1 aliphatic rings. The van der Waals surface area contributed by atoms with Crippen LogP contribution in [0.25, 0.3) is 0 Å². The number of carbonyl (C=O) groups is 1. The maximum Gasteiger partial charge on any atom is 0.238 e. The van der Waals surface area contributed by atoms with Crippen molar-refractivity contribution in [3.63, 3.8) is 0 Å². The maximum absolute atomic E-state index is 12.2. The van der Waals surface area contributed by atoms with Crippen LogP contribution in [0.5, 0.6) is 0 Å². The number of carbonyl (C=O) groups excluding carboxylic acids is 1. The van der Waals surface area contributed by atoms with E-state index in [1.807, 2.05) is 30.4 Å². The van der Waals surface area contributed by atoms with Gasteiger partial charge in [-0.1, -0.05) is 0 Å². The number of rotatable bonds is 5. The van der Waals surface area contributed by atoms with E-state index in [1.54, 1.807) is 0 Å². The molecule has 124 valence electrons. The van der Waals surface area contributed by atoms with Crippen LogP contribution in [0.4, 0.5) is 5.69 Å². The van der Waals surface area contributed by atoms with Gasteiger partial charge in [0.2, 0.25) is 5.91 Å². The summed E-state index contributed by atoms with van der Waals surface area (Å²) in [6, 6.07) is 0. The smallest absolute Gasteiger partial charge is 0.238 e. The molecule has 0 aliphatic carbocycles. The fraction of sp³-hybridized carbons (Fsp3) is 0.733. The minimum absolute atomic E-state index is 0.00417. The van der Waals surface area contributed by atoms with Crippen molar-refractivity contribution in [3.8, 4) is 0 Å². The summed E-state index contributed by atoms with van der Waals surface area (Å²) in [4.78, 5) is 14.1. The number of β-amino-alcohol motifs (C(OH)–C–C–N with tert-alkyl or cyclic N) is 1. The van der Waals surface area contributed by atoms with Crippen molar-refractivity contribution in [1.82, 2.24) is 14.7 Å². The van der Waals surface area contributed by atoms with Crippen LogP contribution in [0.3, 0.4) is 0 Å². The molecule has 22 heavy (non-hydrogen) atoms. The Morgan fingerprint density at radius 3 is 2.73 bits per heavy atom. The molecule has 2 rings (SSSR count). The molecular weight excluding hydrogens is 284 g/mol. The van der Waals surface area contributed by atoms with Crippen molar-refractivity contribution in [1.29, 1.82) is 0 Å². The first kappa shape index (κ1) is 16.9. The van der Waals surface area contributed by atoms with Gasteiger partial charge in [-0.15, -0.1) is 0 Å². The fourth-order valence-corrected chi connectivity index (χ4v) is 2.97. The minimum atomic E-state index is -0.571. The van der Waals surface area contributed by atoms with Gasteiger partial charge in [0.25, 0.3) is 0 Å². The molecule has 1 saturated heterocycles. The number of aryl methyl sites for hydroxylation is 2. The van der Waals surface area contributed by atoms with Crippen molar-refractivity contribution in [2.75, 3.05) is 31.6 Å². The monoisotopic (exact) mass is 310 g/mol. The first-order valence-electron chi connectivity index (χ1n) is 7.81. The van der Waals surface area contributed by atoms with Gasteiger partial charge in [0.15, 0.2) is 0 Å². The van der Waals surface area contributed by atoms with Crippen LogP contribution in [0, 0.1) is 19.8 Å². The molecule has 2 atom stereocenters. The molecule has 0 radical (unpaired) electrons. The van der Waals surface area contributed by atoms with Gasteiger partial charge in [-0.2, -0.15) is 5.10 Å². The van der Waals surface area contributed by atoms with Crippen LogP contribution in [-0.2, 0) is 11.3 Å². The highest BCUT2D eigenvalue weighted by Gasteiger charge is 2.28. The quantitative estimate of drug-likeness (QED) is 0.719. The Morgan fingerprint density at radius 1 is 1.45 bits per heavy atom. The summed E-state index contributed by atoms with van der Waals surface area (Å²) < 4.78 is 1.86. The average molecular weight is 310 g/mol. The summed E-state index contributed by atoms with van der Waals surface area (Å²) in [5, 5.41) is 26.4. The molecule has 7 nitrogen and oxygen atoms in total. The first-order chi connectivity index (χ1) is 10.5. The molecule has 0 saturated carbocycles. The molecular formula is C15H26N4O3. The summed E-state index contributed by atoms with van der Waals surface area (Å²) in [6.45, 7) is 7.97. The molecule has 2 heterocycles. The second kappa shape index (κ2) is 7.21. The van der Waals surface area contributed by atoms with Crippen LogP contribution in [-0.4, -0.2) is 63.1 Å². The SMILES string of the molecule is CCn1nc(C)c(NC(=O)CN2CC[C@H](CO)[C@@H](O)C2)c1C. The standard InChI is InChI=1S/C15H26N4O3/c1-4-19-11(3)15(10(2)17-19)16-14(22)8-18-6-5-12(9-20)13(21)7-18/h12-13,20-21H,4-9H2,1-3H3,(H,16,22)/t12-,13+/m1/s1. The molecule has 0 spiro atoms. The number of nitrogens with zero attached hydrogens (tertiary/aromatic N) is 3. The summed E-state index contributed by atoms with van der Waals surface area (Å²) >= 11 is 0. The normalized spacial score (nSPS) is 22.8. The van der Waals surface area contributed by atoms with Crippen LogP contribution in [0.1, 0.15) is 24.7 Å². The van der Waals surface area contributed by atoms with E-state index in [0.29, 0.717) is 19.5 Å². The number of piperidine rings is 1. The van der Waals surface area contributed by atoms with Gasteiger partial charge < -0.3 is 15.5 Å². The van der Waals surface area contributed by atoms with Gasteiger partial charge in [0.05, 0.1) is 29.7 Å². The topological polar surface area (TPSA) is 90.6 Å². The number of aliphatic hydroxyl groups excluding tert-OH is 2. The lowest BCUT2D eigenvalue weighted by Crippen LogP contribution is -2.47. The molecule has 1 aromatic heterocycles. The number of aliphatic hydroxyl groups is 2. The third-order valence-electron chi connectivity index (χ3n) is 4.35. The van der Waals surface area contributed by atoms with E-state index in [1.165, 1.54) is 0 Å². The molecule has 1 amide bonds. The third-order valence-corrected chi connectivity index (χ3v) is 4.35. The van der Waals surface area contributed by atoms with Gasteiger partial charge in [-0.25, -0.2) is 0 Å². The van der Waals surface area contributed by atoms with Gasteiger partial charge in [0, 0.05) is 25.6 Å². The van der Waals surface area contributed by atoms with Crippen molar-refractivity contribution in [2.24, 2.45) is 5.92 Å². The van der Waals surface area contributed by atoms with Gasteiger partial charge in [0.1, 0.15) is 0 Å². The van der Waals surface area contributed by atoms with E-state index < -0.39 is 6.10 Å². The van der Waals surface area contributed by atoms with E-state index >= 15 is 0 Å². The third kappa shape index (κ3) is 3.66. The van der Waals surface area contributed by atoms with E-state index in [4.69, 9.17) is 5.11 Å². The number of amides is 1. The van der Waals surface area contributed by atoms with Crippen LogP contribution >= 0.6 is 0 Å². The molecule has 1 aromatic rings. The number of hydrogen-bond donors (Lipinski definition) is 3. The highest BCUT2D eigenvalue weighted by Crippen LogP contribution is 2.20. The zero-order chi connectivity index (χ0) is 16.3. The van der Waals surface area contributed by atoms with Crippen molar-refractivity contribution in [2.45, 2.75) is 39.8 Å². The average Bonchev–Trinajstić information content (AvgIpc) is 2.75. The fourth-order valence-electron chi connectivity index (χ4n) is 2.97. The van der Waals surface area contributed by atoms with Gasteiger partial charge in [-0.05, 0) is 33.7 Å². The van der Waals surface area contributed by atoms with Crippen molar-refractivity contribution >= 4 is 11.6 Å². The highest BCUT2D eigenvalue weighted by atomic mass is 16.3. The molecule has 7 heteroatoms. The number of hydrogen-bond acceptors (Lipinski definition) is 5. The molecule has 3 N–H and O–H groups in total. The van der Waals surface area contributed by atoms with Gasteiger partial charge in [-0.3, -0.25) is 14.4 Å². The second-order valence-corrected chi connectivity index (χ2v) is 5.94. The lowest BCUT2D eigenvalue weighted by atomic mass is 9.95. The number of likely N-dealkylation sites (tertiary alicyclic amines) is 1. The number of nitrogens with one attached hydrogen (secondary N) is 1. The van der Waals surface area contributed by atoms with Crippen LogP contribution in [0.15, 0.2) is 0 Å². The lowest BCUT2D eigenvalue weighted by molar-refractivity contribution is -0.118. The lowest BCUT2D eigenvalue weighted by Gasteiger charge is -2.34. The Labute approximate surface area is 130 Å². The summed E-state index contributed by atoms with van der Waals surface area (Å²) in [7, 11) is 0. The number of anilines is 1. The van der Waals surface area contributed by atoms with E-state index in [9.17, 15) is 9.90 Å². The van der Waals surface area contributed by atoms with E-state index in [0.717, 1.165) is 23.6 Å². The first-order valence-corrected chi connectivity index (χ1v) is 7.81. The molecule has 1 fully saturated rings. The summed E-state index contributed by atoms with van der Waals surface area (Å²) in [5.74, 6) is -0.178. The Morgan fingerprint density at radius 2 is 2.18 bits per heavy atom. The molecule has 0 bridgehead atoms. The zero-order valence-corrected chi connectivity index (χ0v) is 13.5. The second-order valence-electron chi connectivity index (χ2n) is 5.94. The molecule has 0 aromatic carbocycles. The Kier molecular flexibility index (Phi) is 5.55. The Hall–Kier alpha value is -1.44. The van der Waals surface area contributed by atoms with E-state index in [2.05, 4.69) is 10.4 Å². The Balaban J connectivity index is 1.93. The van der Waals surface area contributed by atoms with Crippen molar-refractivity contribution in [3.05, 3.63) is 11.4 Å². The largest absolute Gasteiger partial charge is 0.396 e. The van der Waals surface area contributed by atoms with Gasteiger partial charge >= 0.3 is 0 Å². The number of aromatic nitrogens is 2. The van der Waals surface area contributed by atoms with Crippen molar-refractivity contribution < 1.29 is 15.0 Å². The Bertz CT molecular complexity index is 529. The predicted molar refractivity (Wildman–Crippen MR) is 83.6 cm³/mol. The highest BCUT2D eigenvalue weighted by molar-refractivity contribution is 5.93. The predicted octanol–water partition coefficient (Wildman–Crippen LogP) is 0.133. The minimum Gasteiger partial charge on any atom is -0.396 e. The maximum atomic E-state index is 12.2. The molecule has 1 aliphatic heterocycles. The van der Waals surface area contributed by atoms with Crippen LogP contribution < -0.4 is 5.32 Å². The van der Waals surface area contributed by atoms with E-state index in [-0.39, 0.29) is 25.0 Å². The summed E-state index contributed by atoms with van der Waals surface area (Å²) in [6.07, 6.45) is 0.134. The summed E-state index contributed by atoms with van der Waals surface area (Å²) in [5.41, 5.74) is 2.54. The zero-order valence-electron chi connectivity index (χ0n) is 13.5.